The molecule has 1 aliphatic rings. The van der Waals surface area contributed by atoms with Gasteiger partial charge < -0.3 is 9.84 Å². The van der Waals surface area contributed by atoms with Crippen LogP contribution >= 0.6 is 11.6 Å². The first kappa shape index (κ1) is 24.5. The Morgan fingerprint density at radius 3 is 2.51 bits per heavy atom. The molecule has 1 N–H and O–H groups in total. The third-order valence-electron chi connectivity index (χ3n) is 6.17. The molecule has 0 radical (unpaired) electrons. The molecule has 0 saturated carbocycles. The fourth-order valence-electron chi connectivity index (χ4n) is 4.39. The van der Waals surface area contributed by atoms with Gasteiger partial charge in [0.15, 0.2) is 0 Å². The standard InChI is InChI=1S/C28H27ClN2O4/c1-5-35-23-10-9-19(15-20(23)16(2)3)26(32)24-25(18-11-13-30-14-12-18)31(28(34)27(24)33)22-8-6-7-21(29)17(22)4/h6-16,25,32H,5H2,1-4H3/b26-24+. The predicted molar refractivity (Wildman–Crippen MR) is 137 cm³/mol. The van der Waals surface area contributed by atoms with E-state index in [1.807, 2.05) is 26.8 Å². The average Bonchev–Trinajstić information content (AvgIpc) is 3.11. The molecule has 1 aliphatic heterocycles. The number of anilines is 1. The van der Waals surface area contributed by atoms with Gasteiger partial charge in [-0.05, 0) is 78.9 Å². The van der Waals surface area contributed by atoms with E-state index in [0.29, 0.717) is 34.0 Å². The van der Waals surface area contributed by atoms with Crippen LogP contribution in [0.2, 0.25) is 5.02 Å². The van der Waals surface area contributed by atoms with Gasteiger partial charge in [-0.25, -0.2) is 0 Å². The Hall–Kier alpha value is -3.64. The second-order valence-electron chi connectivity index (χ2n) is 8.67. The molecule has 7 heteroatoms. The molecule has 6 nitrogen and oxygen atoms in total. The molecule has 0 spiro atoms. The summed E-state index contributed by atoms with van der Waals surface area (Å²) in [5.41, 5.74) is 3.18. The van der Waals surface area contributed by atoms with Crippen molar-refractivity contribution in [2.24, 2.45) is 0 Å². The van der Waals surface area contributed by atoms with Gasteiger partial charge in [-0.3, -0.25) is 19.5 Å². The molecule has 1 fully saturated rings. The SMILES string of the molecule is CCOc1ccc(/C(O)=C2\C(=O)C(=O)N(c3cccc(Cl)c3C)C2c2ccncc2)cc1C(C)C. The highest BCUT2D eigenvalue weighted by molar-refractivity contribution is 6.52. The number of aliphatic hydroxyl groups excluding tert-OH is 1. The number of carbonyl (C=O) groups excluding carboxylic acids is 2. The molecule has 1 amide bonds. The van der Waals surface area contributed by atoms with E-state index in [4.69, 9.17) is 16.3 Å². The number of benzene rings is 2. The van der Waals surface area contributed by atoms with Gasteiger partial charge in [0.1, 0.15) is 11.5 Å². The van der Waals surface area contributed by atoms with Crippen molar-refractivity contribution in [1.29, 1.82) is 0 Å². The minimum Gasteiger partial charge on any atom is -0.507 e. The second-order valence-corrected chi connectivity index (χ2v) is 9.08. The van der Waals surface area contributed by atoms with E-state index in [2.05, 4.69) is 4.98 Å². The molecule has 35 heavy (non-hydrogen) atoms. The topological polar surface area (TPSA) is 79.7 Å². The summed E-state index contributed by atoms with van der Waals surface area (Å²) >= 11 is 6.35. The summed E-state index contributed by atoms with van der Waals surface area (Å²) in [5.74, 6) is -0.883. The number of halogens is 1. The second kappa shape index (κ2) is 9.92. The Labute approximate surface area is 209 Å². The number of Topliss-reactive ketones (excluding diaryl/α,β-unsaturated/α-hetero) is 1. The van der Waals surface area contributed by atoms with E-state index < -0.39 is 17.7 Å². The molecule has 1 atom stereocenters. The molecule has 1 saturated heterocycles. The number of aliphatic hydroxyl groups is 1. The van der Waals surface area contributed by atoms with Crippen LogP contribution in [0.25, 0.3) is 5.76 Å². The Balaban J connectivity index is 1.95. The van der Waals surface area contributed by atoms with Crippen molar-refractivity contribution in [3.05, 3.63) is 93.8 Å². The number of amides is 1. The fraction of sp³-hybridized carbons (Fsp3) is 0.250. The molecule has 1 aromatic heterocycles. The lowest BCUT2D eigenvalue weighted by Gasteiger charge is -2.27. The predicted octanol–water partition coefficient (Wildman–Crippen LogP) is 6.19. The molecule has 2 aromatic carbocycles. The molecule has 0 aliphatic carbocycles. The van der Waals surface area contributed by atoms with Gasteiger partial charge in [0, 0.05) is 28.7 Å². The van der Waals surface area contributed by atoms with E-state index >= 15 is 0 Å². The third-order valence-corrected chi connectivity index (χ3v) is 6.58. The Morgan fingerprint density at radius 1 is 1.14 bits per heavy atom. The maximum Gasteiger partial charge on any atom is 0.300 e. The Morgan fingerprint density at radius 2 is 1.86 bits per heavy atom. The molecule has 2 heterocycles. The van der Waals surface area contributed by atoms with E-state index in [-0.39, 0.29) is 17.3 Å². The zero-order valence-corrected chi connectivity index (χ0v) is 20.8. The van der Waals surface area contributed by atoms with E-state index in [1.54, 1.807) is 61.8 Å². The van der Waals surface area contributed by atoms with Gasteiger partial charge in [0.05, 0.1) is 18.2 Å². The third kappa shape index (κ3) is 4.42. The first-order valence-corrected chi connectivity index (χ1v) is 11.9. The normalized spacial score (nSPS) is 17.3. The molecule has 180 valence electrons. The number of hydrogen-bond acceptors (Lipinski definition) is 5. The van der Waals surface area contributed by atoms with Crippen molar-refractivity contribution in [2.75, 3.05) is 11.5 Å². The van der Waals surface area contributed by atoms with Gasteiger partial charge in [-0.15, -0.1) is 0 Å². The van der Waals surface area contributed by atoms with Crippen molar-refractivity contribution in [1.82, 2.24) is 4.98 Å². The van der Waals surface area contributed by atoms with Crippen LogP contribution in [-0.2, 0) is 9.59 Å². The minimum atomic E-state index is -0.843. The largest absolute Gasteiger partial charge is 0.507 e. The number of carbonyl (C=O) groups is 2. The molecule has 1 unspecified atom stereocenters. The lowest BCUT2D eigenvalue weighted by molar-refractivity contribution is -0.132. The summed E-state index contributed by atoms with van der Waals surface area (Å²) in [5, 5.41) is 11.9. The highest BCUT2D eigenvalue weighted by Crippen LogP contribution is 2.44. The zero-order valence-electron chi connectivity index (χ0n) is 20.1. The summed E-state index contributed by atoms with van der Waals surface area (Å²) in [6.07, 6.45) is 3.18. The van der Waals surface area contributed by atoms with Gasteiger partial charge in [-0.1, -0.05) is 31.5 Å². The monoisotopic (exact) mass is 490 g/mol. The minimum absolute atomic E-state index is 0.0134. The Kier molecular flexibility index (Phi) is 6.94. The summed E-state index contributed by atoms with van der Waals surface area (Å²) < 4.78 is 5.74. The average molecular weight is 491 g/mol. The molecular weight excluding hydrogens is 464 g/mol. The fourth-order valence-corrected chi connectivity index (χ4v) is 4.56. The molecule has 4 rings (SSSR count). The molecule has 0 bridgehead atoms. The lowest BCUT2D eigenvalue weighted by atomic mass is 9.93. The summed E-state index contributed by atoms with van der Waals surface area (Å²) in [6.45, 7) is 8.27. The smallest absolute Gasteiger partial charge is 0.300 e. The van der Waals surface area contributed by atoms with Gasteiger partial charge >= 0.3 is 0 Å². The number of aromatic nitrogens is 1. The van der Waals surface area contributed by atoms with E-state index in [0.717, 1.165) is 11.3 Å². The van der Waals surface area contributed by atoms with Gasteiger partial charge in [0.25, 0.3) is 11.7 Å². The van der Waals surface area contributed by atoms with Crippen molar-refractivity contribution < 1.29 is 19.4 Å². The number of rotatable bonds is 6. The zero-order chi connectivity index (χ0) is 25.3. The lowest BCUT2D eigenvalue weighted by Crippen LogP contribution is -2.30. The van der Waals surface area contributed by atoms with Crippen LogP contribution in [0.15, 0.2) is 66.5 Å². The van der Waals surface area contributed by atoms with Gasteiger partial charge in [-0.2, -0.15) is 0 Å². The highest BCUT2D eigenvalue weighted by Gasteiger charge is 2.47. The van der Waals surface area contributed by atoms with Crippen LogP contribution in [0, 0.1) is 6.92 Å². The number of hydrogen-bond donors (Lipinski definition) is 1. The Bertz CT molecular complexity index is 1320. The quantitative estimate of drug-likeness (QED) is 0.253. The van der Waals surface area contributed by atoms with Gasteiger partial charge in [0.2, 0.25) is 0 Å². The van der Waals surface area contributed by atoms with Crippen molar-refractivity contribution >= 4 is 34.7 Å². The maximum atomic E-state index is 13.4. The first-order chi connectivity index (χ1) is 16.8. The number of nitrogens with zero attached hydrogens (tertiary/aromatic N) is 2. The number of pyridine rings is 1. The van der Waals surface area contributed by atoms with E-state index in [1.165, 1.54) is 4.90 Å². The number of ether oxygens (including phenoxy) is 1. The van der Waals surface area contributed by atoms with Crippen LogP contribution in [0.5, 0.6) is 5.75 Å². The van der Waals surface area contributed by atoms with Crippen molar-refractivity contribution in [3.63, 3.8) is 0 Å². The van der Waals surface area contributed by atoms with Crippen molar-refractivity contribution in [2.45, 2.75) is 39.7 Å². The molecular formula is C28H27ClN2O4. The summed E-state index contributed by atoms with van der Waals surface area (Å²) in [6, 6.07) is 13.1. The van der Waals surface area contributed by atoms with Crippen molar-refractivity contribution in [3.8, 4) is 5.75 Å². The van der Waals surface area contributed by atoms with Crippen LogP contribution in [0.3, 0.4) is 0 Å². The summed E-state index contributed by atoms with van der Waals surface area (Å²) in [4.78, 5) is 32.2. The van der Waals surface area contributed by atoms with Crippen LogP contribution in [-0.4, -0.2) is 28.4 Å². The van der Waals surface area contributed by atoms with Crippen LogP contribution in [0.4, 0.5) is 5.69 Å². The summed E-state index contributed by atoms with van der Waals surface area (Å²) in [7, 11) is 0. The van der Waals surface area contributed by atoms with Crippen LogP contribution < -0.4 is 9.64 Å². The maximum absolute atomic E-state index is 13.4. The van der Waals surface area contributed by atoms with E-state index in [9.17, 15) is 14.7 Å². The number of ketones is 1. The first-order valence-electron chi connectivity index (χ1n) is 11.5. The molecule has 3 aromatic rings. The highest BCUT2D eigenvalue weighted by atomic mass is 35.5. The van der Waals surface area contributed by atoms with Crippen LogP contribution in [0.1, 0.15) is 55.0 Å².